The maximum Gasteiger partial charge on any atom is 0.0308 e. The summed E-state index contributed by atoms with van der Waals surface area (Å²) in [4.78, 5) is 2.77. The van der Waals surface area contributed by atoms with Crippen LogP contribution in [0.1, 0.15) is 44.9 Å². The van der Waals surface area contributed by atoms with Gasteiger partial charge in [0.25, 0.3) is 0 Å². The molecule has 0 aromatic rings. The molecule has 1 N–H and O–H groups in total. The average molecular weight is 254 g/mol. The van der Waals surface area contributed by atoms with Gasteiger partial charge < -0.3 is 10.2 Å². The van der Waals surface area contributed by atoms with E-state index in [-0.39, 0.29) is 0 Å². The van der Waals surface area contributed by atoms with Gasteiger partial charge in [0.15, 0.2) is 0 Å². The Labute approximate surface area is 110 Å². The maximum absolute atomic E-state index is 3.86. The number of thioether (sulfide) groups is 1. The first-order valence-electron chi connectivity index (χ1n) is 7.29. The van der Waals surface area contributed by atoms with E-state index in [1.165, 1.54) is 71.1 Å². The molecule has 3 rings (SSSR count). The van der Waals surface area contributed by atoms with E-state index in [1.54, 1.807) is 0 Å². The molecule has 0 bridgehead atoms. The van der Waals surface area contributed by atoms with Gasteiger partial charge in [-0.05, 0) is 51.4 Å². The number of hydrogen-bond donors (Lipinski definition) is 1. The number of hydrogen-bond acceptors (Lipinski definition) is 3. The van der Waals surface area contributed by atoms with Crippen molar-refractivity contribution in [2.24, 2.45) is 0 Å². The summed E-state index contributed by atoms with van der Waals surface area (Å²) in [5.41, 5.74) is 0.491. The van der Waals surface area contributed by atoms with Gasteiger partial charge in [-0.1, -0.05) is 12.8 Å². The Morgan fingerprint density at radius 1 is 1.12 bits per heavy atom. The molecule has 2 aliphatic carbocycles. The molecule has 0 unspecified atom stereocenters. The number of nitrogens with zero attached hydrogens (tertiary/aromatic N) is 1. The highest BCUT2D eigenvalue weighted by atomic mass is 32.2. The van der Waals surface area contributed by atoms with Crippen LogP contribution in [0.25, 0.3) is 0 Å². The molecular weight excluding hydrogens is 228 g/mol. The molecule has 98 valence electrons. The van der Waals surface area contributed by atoms with E-state index in [0.717, 1.165) is 0 Å². The van der Waals surface area contributed by atoms with Crippen LogP contribution in [0.4, 0.5) is 0 Å². The molecule has 3 fully saturated rings. The lowest BCUT2D eigenvalue weighted by Gasteiger charge is -2.34. The molecule has 1 spiro atoms. The minimum Gasteiger partial charge on any atom is -0.310 e. The lowest BCUT2D eigenvalue weighted by atomic mass is 9.97. The molecule has 17 heavy (non-hydrogen) atoms. The summed E-state index contributed by atoms with van der Waals surface area (Å²) in [5, 5.41) is 3.86. The Kier molecular flexibility index (Phi) is 3.44. The van der Waals surface area contributed by atoms with Gasteiger partial charge in [0.1, 0.15) is 0 Å². The van der Waals surface area contributed by atoms with Gasteiger partial charge in [0, 0.05) is 23.4 Å². The lowest BCUT2D eigenvalue weighted by molar-refractivity contribution is 0.208. The number of nitrogens with one attached hydrogen (secondary N) is 1. The Morgan fingerprint density at radius 2 is 1.88 bits per heavy atom. The van der Waals surface area contributed by atoms with Gasteiger partial charge in [-0.2, -0.15) is 11.8 Å². The van der Waals surface area contributed by atoms with Crippen molar-refractivity contribution < 1.29 is 0 Å². The molecular formula is C14H26N2S. The third-order valence-corrected chi connectivity index (χ3v) is 6.39. The first kappa shape index (κ1) is 12.3. The van der Waals surface area contributed by atoms with Crippen molar-refractivity contribution in [3.05, 3.63) is 0 Å². The van der Waals surface area contributed by atoms with Crippen molar-refractivity contribution in [2.75, 3.05) is 32.4 Å². The fraction of sp³-hybridized carbons (Fsp3) is 1.00. The second-order valence-electron chi connectivity index (χ2n) is 6.37. The number of rotatable bonds is 3. The van der Waals surface area contributed by atoms with Gasteiger partial charge in [-0.15, -0.1) is 0 Å². The largest absolute Gasteiger partial charge is 0.310 e. The smallest absolute Gasteiger partial charge is 0.0308 e. The second kappa shape index (κ2) is 4.75. The van der Waals surface area contributed by atoms with Crippen molar-refractivity contribution in [2.45, 2.75) is 55.2 Å². The third kappa shape index (κ3) is 2.66. The standard InChI is InChI=1S/C14H26N2S/c1-17-14(7-8-14)12-16-10-4-9-15-13(11-16)5-2-3-6-13/h15H,2-12H2,1H3. The van der Waals surface area contributed by atoms with E-state index in [4.69, 9.17) is 0 Å². The summed E-state index contributed by atoms with van der Waals surface area (Å²) in [6.45, 7) is 5.22. The molecule has 0 atom stereocenters. The van der Waals surface area contributed by atoms with Crippen molar-refractivity contribution in [3.63, 3.8) is 0 Å². The summed E-state index contributed by atoms with van der Waals surface area (Å²) in [5.74, 6) is 0. The molecule has 2 saturated carbocycles. The highest BCUT2D eigenvalue weighted by Gasteiger charge is 2.45. The van der Waals surface area contributed by atoms with Gasteiger partial charge in [-0.25, -0.2) is 0 Å². The quantitative estimate of drug-likeness (QED) is 0.833. The molecule has 3 aliphatic rings. The Morgan fingerprint density at radius 3 is 2.53 bits per heavy atom. The molecule has 3 heteroatoms. The van der Waals surface area contributed by atoms with Gasteiger partial charge in [-0.3, -0.25) is 0 Å². The highest BCUT2D eigenvalue weighted by molar-refractivity contribution is 8.00. The Balaban J connectivity index is 1.63. The van der Waals surface area contributed by atoms with E-state index < -0.39 is 0 Å². The third-order valence-electron chi connectivity index (χ3n) is 4.99. The van der Waals surface area contributed by atoms with Crippen LogP contribution in [0.15, 0.2) is 0 Å². The predicted octanol–water partition coefficient (Wildman–Crippen LogP) is 2.49. The molecule has 0 amide bonds. The zero-order chi connectivity index (χ0) is 11.8. The topological polar surface area (TPSA) is 15.3 Å². The van der Waals surface area contributed by atoms with E-state index in [9.17, 15) is 0 Å². The molecule has 2 nitrogen and oxygen atoms in total. The highest BCUT2D eigenvalue weighted by Crippen LogP contribution is 2.48. The van der Waals surface area contributed by atoms with Crippen LogP contribution in [0.3, 0.4) is 0 Å². The molecule has 0 radical (unpaired) electrons. The molecule has 1 saturated heterocycles. The summed E-state index contributed by atoms with van der Waals surface area (Å²) in [7, 11) is 0. The summed E-state index contributed by atoms with van der Waals surface area (Å²) in [6.07, 6.45) is 12.2. The van der Waals surface area contributed by atoms with Crippen LogP contribution in [0.2, 0.25) is 0 Å². The Bertz CT molecular complexity index is 269. The van der Waals surface area contributed by atoms with Crippen LogP contribution in [0, 0.1) is 0 Å². The van der Waals surface area contributed by atoms with Crippen molar-refractivity contribution in [3.8, 4) is 0 Å². The maximum atomic E-state index is 3.86. The van der Waals surface area contributed by atoms with E-state index in [2.05, 4.69) is 28.2 Å². The zero-order valence-corrected chi connectivity index (χ0v) is 12.0. The first-order chi connectivity index (χ1) is 8.26. The van der Waals surface area contributed by atoms with Crippen molar-refractivity contribution in [1.29, 1.82) is 0 Å². The Hall–Kier alpha value is 0.270. The lowest BCUT2D eigenvalue weighted by Crippen LogP contribution is -2.50. The van der Waals surface area contributed by atoms with E-state index in [0.29, 0.717) is 10.3 Å². The minimum absolute atomic E-state index is 0.491. The van der Waals surface area contributed by atoms with Gasteiger partial charge in [0.2, 0.25) is 0 Å². The normalized spacial score (nSPS) is 31.6. The van der Waals surface area contributed by atoms with Crippen LogP contribution in [-0.4, -0.2) is 47.6 Å². The van der Waals surface area contributed by atoms with Crippen LogP contribution < -0.4 is 5.32 Å². The summed E-state index contributed by atoms with van der Waals surface area (Å²) >= 11 is 2.11. The average Bonchev–Trinajstić information content (AvgIpc) is 3.00. The SMILES string of the molecule is CSC1(CN2CCCNC3(CCCC3)C2)CC1. The second-order valence-corrected chi connectivity index (χ2v) is 7.64. The van der Waals surface area contributed by atoms with Crippen LogP contribution in [0.5, 0.6) is 0 Å². The van der Waals surface area contributed by atoms with Gasteiger partial charge in [0.05, 0.1) is 0 Å². The molecule has 1 heterocycles. The fourth-order valence-electron chi connectivity index (χ4n) is 3.71. The van der Waals surface area contributed by atoms with Crippen molar-refractivity contribution >= 4 is 11.8 Å². The first-order valence-corrected chi connectivity index (χ1v) is 8.51. The fourth-order valence-corrected chi connectivity index (χ4v) is 4.54. The van der Waals surface area contributed by atoms with E-state index in [1.807, 2.05) is 0 Å². The van der Waals surface area contributed by atoms with E-state index >= 15 is 0 Å². The zero-order valence-electron chi connectivity index (χ0n) is 11.1. The molecule has 0 aromatic heterocycles. The summed E-state index contributed by atoms with van der Waals surface area (Å²) in [6, 6.07) is 0. The van der Waals surface area contributed by atoms with Crippen molar-refractivity contribution in [1.82, 2.24) is 10.2 Å². The predicted molar refractivity (Wildman–Crippen MR) is 75.7 cm³/mol. The monoisotopic (exact) mass is 254 g/mol. The molecule has 0 aromatic carbocycles. The minimum atomic E-state index is 0.491. The molecule has 1 aliphatic heterocycles. The summed E-state index contributed by atoms with van der Waals surface area (Å²) < 4.78 is 0.643. The van der Waals surface area contributed by atoms with Crippen LogP contribution >= 0.6 is 11.8 Å². The van der Waals surface area contributed by atoms with Gasteiger partial charge >= 0.3 is 0 Å². The van der Waals surface area contributed by atoms with Crippen LogP contribution in [-0.2, 0) is 0 Å².